The second-order valence-corrected chi connectivity index (χ2v) is 4.02. The molecule has 0 spiro atoms. The molecule has 0 unspecified atom stereocenters. The summed E-state index contributed by atoms with van der Waals surface area (Å²) in [5.74, 6) is 1.38. The summed E-state index contributed by atoms with van der Waals surface area (Å²) in [6.07, 6.45) is 3.50. The molecule has 5 heteroatoms. The molecule has 1 aromatic carbocycles. The summed E-state index contributed by atoms with van der Waals surface area (Å²) in [6.45, 7) is 1.92. The third-order valence-electron chi connectivity index (χ3n) is 2.78. The number of imidazole rings is 1. The predicted octanol–water partition coefficient (Wildman–Crippen LogP) is 1.91. The molecule has 0 amide bonds. The Morgan fingerprint density at radius 3 is 2.56 bits per heavy atom. The molecule has 1 aromatic heterocycles. The van der Waals surface area contributed by atoms with E-state index in [-0.39, 0.29) is 6.04 Å². The van der Waals surface area contributed by atoms with Gasteiger partial charge in [-0.2, -0.15) is 0 Å². The van der Waals surface area contributed by atoms with Crippen LogP contribution in [0.1, 0.15) is 18.7 Å². The van der Waals surface area contributed by atoms with Gasteiger partial charge in [-0.3, -0.25) is 0 Å². The fraction of sp³-hybridized carbons (Fsp3) is 0.308. The fourth-order valence-corrected chi connectivity index (χ4v) is 1.83. The molecule has 2 N–H and O–H groups in total. The Labute approximate surface area is 106 Å². The quantitative estimate of drug-likeness (QED) is 0.896. The summed E-state index contributed by atoms with van der Waals surface area (Å²) in [5, 5.41) is 0. The molecule has 0 aliphatic rings. The number of nitrogens with zero attached hydrogens (tertiary/aromatic N) is 2. The average molecular weight is 247 g/mol. The van der Waals surface area contributed by atoms with Crippen LogP contribution in [0.5, 0.6) is 11.5 Å². The smallest absolute Gasteiger partial charge is 0.162 e. The van der Waals surface area contributed by atoms with E-state index in [1.807, 2.05) is 29.7 Å². The van der Waals surface area contributed by atoms with Crippen molar-refractivity contribution < 1.29 is 9.47 Å². The van der Waals surface area contributed by atoms with Crippen molar-refractivity contribution >= 4 is 0 Å². The van der Waals surface area contributed by atoms with E-state index in [0.717, 1.165) is 11.4 Å². The zero-order valence-corrected chi connectivity index (χ0v) is 10.8. The maximum Gasteiger partial charge on any atom is 0.162 e. The minimum Gasteiger partial charge on any atom is -0.493 e. The number of nitrogens with two attached hydrogens (primary N) is 1. The molecule has 18 heavy (non-hydrogen) atoms. The van der Waals surface area contributed by atoms with Crippen LogP contribution in [0.4, 0.5) is 0 Å². The molecule has 0 aliphatic heterocycles. The Morgan fingerprint density at radius 2 is 1.94 bits per heavy atom. The Hall–Kier alpha value is -2.01. The SMILES string of the molecule is COc1ccc(-n2cncc2[C@@H](C)N)cc1OC. The average Bonchev–Trinajstić information content (AvgIpc) is 2.87. The Balaban J connectivity index is 2.48. The van der Waals surface area contributed by atoms with Crippen molar-refractivity contribution in [2.75, 3.05) is 14.2 Å². The molecule has 5 nitrogen and oxygen atoms in total. The van der Waals surface area contributed by atoms with Gasteiger partial charge in [0.15, 0.2) is 11.5 Å². The lowest BCUT2D eigenvalue weighted by atomic mass is 10.2. The van der Waals surface area contributed by atoms with Gasteiger partial charge in [0.2, 0.25) is 0 Å². The van der Waals surface area contributed by atoms with E-state index in [1.54, 1.807) is 26.7 Å². The lowest BCUT2D eigenvalue weighted by Gasteiger charge is -2.13. The topological polar surface area (TPSA) is 62.3 Å². The predicted molar refractivity (Wildman–Crippen MR) is 69.3 cm³/mol. The highest BCUT2D eigenvalue weighted by Gasteiger charge is 2.11. The molecule has 0 radical (unpaired) electrons. The van der Waals surface area contributed by atoms with Crippen LogP contribution in [-0.4, -0.2) is 23.8 Å². The Morgan fingerprint density at radius 1 is 1.22 bits per heavy atom. The van der Waals surface area contributed by atoms with Crippen molar-refractivity contribution in [2.24, 2.45) is 5.73 Å². The third-order valence-corrected chi connectivity index (χ3v) is 2.78. The van der Waals surface area contributed by atoms with E-state index in [4.69, 9.17) is 15.2 Å². The minimum atomic E-state index is -0.0828. The number of hydrogen-bond acceptors (Lipinski definition) is 4. The van der Waals surface area contributed by atoms with Gasteiger partial charge in [-0.05, 0) is 19.1 Å². The first-order chi connectivity index (χ1) is 8.67. The van der Waals surface area contributed by atoms with E-state index in [1.165, 1.54) is 0 Å². The van der Waals surface area contributed by atoms with Gasteiger partial charge in [0, 0.05) is 12.1 Å². The summed E-state index contributed by atoms with van der Waals surface area (Å²) in [4.78, 5) is 4.13. The first-order valence-corrected chi connectivity index (χ1v) is 5.67. The summed E-state index contributed by atoms with van der Waals surface area (Å²) < 4.78 is 12.4. The van der Waals surface area contributed by atoms with Crippen LogP contribution in [0.25, 0.3) is 5.69 Å². The highest BCUT2D eigenvalue weighted by Crippen LogP contribution is 2.29. The molecule has 1 heterocycles. The van der Waals surface area contributed by atoms with Crippen molar-refractivity contribution in [3.8, 4) is 17.2 Å². The number of hydrogen-bond donors (Lipinski definition) is 1. The summed E-state index contributed by atoms with van der Waals surface area (Å²) in [6, 6.07) is 5.61. The second-order valence-electron chi connectivity index (χ2n) is 4.02. The number of methoxy groups -OCH3 is 2. The van der Waals surface area contributed by atoms with Crippen LogP contribution in [-0.2, 0) is 0 Å². The van der Waals surface area contributed by atoms with Crippen molar-refractivity contribution in [2.45, 2.75) is 13.0 Å². The van der Waals surface area contributed by atoms with E-state index in [0.29, 0.717) is 11.5 Å². The molecule has 2 rings (SSSR count). The van der Waals surface area contributed by atoms with E-state index >= 15 is 0 Å². The minimum absolute atomic E-state index is 0.0828. The van der Waals surface area contributed by atoms with Gasteiger partial charge in [-0.15, -0.1) is 0 Å². The van der Waals surface area contributed by atoms with Gasteiger partial charge in [0.05, 0.1) is 38.1 Å². The van der Waals surface area contributed by atoms with Gasteiger partial charge >= 0.3 is 0 Å². The molecule has 0 saturated carbocycles. The zero-order chi connectivity index (χ0) is 13.1. The van der Waals surface area contributed by atoms with Crippen LogP contribution in [0.15, 0.2) is 30.7 Å². The lowest BCUT2D eigenvalue weighted by molar-refractivity contribution is 0.355. The van der Waals surface area contributed by atoms with Crippen molar-refractivity contribution in [3.63, 3.8) is 0 Å². The van der Waals surface area contributed by atoms with E-state index < -0.39 is 0 Å². The summed E-state index contributed by atoms with van der Waals surface area (Å²) in [5.41, 5.74) is 7.79. The van der Waals surface area contributed by atoms with Crippen LogP contribution in [0.2, 0.25) is 0 Å². The molecule has 2 aromatic rings. The monoisotopic (exact) mass is 247 g/mol. The second kappa shape index (κ2) is 5.10. The largest absolute Gasteiger partial charge is 0.493 e. The summed E-state index contributed by atoms with van der Waals surface area (Å²) >= 11 is 0. The Kier molecular flexibility index (Phi) is 3.53. The molecule has 1 atom stereocenters. The molecule has 96 valence electrons. The molecule has 0 aliphatic carbocycles. The van der Waals surface area contributed by atoms with Crippen LogP contribution in [0.3, 0.4) is 0 Å². The number of rotatable bonds is 4. The Bertz CT molecular complexity index is 535. The first-order valence-electron chi connectivity index (χ1n) is 5.67. The van der Waals surface area contributed by atoms with E-state index in [9.17, 15) is 0 Å². The van der Waals surface area contributed by atoms with Crippen molar-refractivity contribution in [1.82, 2.24) is 9.55 Å². The zero-order valence-electron chi connectivity index (χ0n) is 10.8. The molecule has 0 bridgehead atoms. The highest BCUT2D eigenvalue weighted by atomic mass is 16.5. The number of benzene rings is 1. The van der Waals surface area contributed by atoms with Gasteiger partial charge in [-0.1, -0.05) is 0 Å². The number of aromatic nitrogens is 2. The molecular formula is C13H17N3O2. The third kappa shape index (κ3) is 2.17. The normalized spacial score (nSPS) is 12.2. The van der Waals surface area contributed by atoms with Crippen molar-refractivity contribution in [3.05, 3.63) is 36.4 Å². The van der Waals surface area contributed by atoms with Gasteiger partial charge < -0.3 is 19.8 Å². The maximum absolute atomic E-state index is 5.91. The first kappa shape index (κ1) is 12.4. The van der Waals surface area contributed by atoms with Gasteiger partial charge in [0.25, 0.3) is 0 Å². The maximum atomic E-state index is 5.91. The van der Waals surface area contributed by atoms with Crippen LogP contribution >= 0.6 is 0 Å². The van der Waals surface area contributed by atoms with Gasteiger partial charge in [0.1, 0.15) is 0 Å². The standard InChI is InChI=1S/C13H17N3O2/c1-9(14)11-7-15-8-16(11)10-4-5-12(17-2)13(6-10)18-3/h4-9H,14H2,1-3H3/t9-/m1/s1. The molecule has 0 fully saturated rings. The molecular weight excluding hydrogens is 230 g/mol. The molecule has 0 saturated heterocycles. The van der Waals surface area contributed by atoms with Crippen LogP contribution < -0.4 is 15.2 Å². The van der Waals surface area contributed by atoms with E-state index in [2.05, 4.69) is 4.98 Å². The fourth-order valence-electron chi connectivity index (χ4n) is 1.83. The van der Waals surface area contributed by atoms with Gasteiger partial charge in [-0.25, -0.2) is 4.98 Å². The lowest BCUT2D eigenvalue weighted by Crippen LogP contribution is -2.10. The summed E-state index contributed by atoms with van der Waals surface area (Å²) in [7, 11) is 3.23. The van der Waals surface area contributed by atoms with Crippen molar-refractivity contribution in [1.29, 1.82) is 0 Å². The highest BCUT2D eigenvalue weighted by molar-refractivity contribution is 5.49. The number of ether oxygens (including phenoxy) is 2. The van der Waals surface area contributed by atoms with Crippen LogP contribution in [0, 0.1) is 0 Å².